The second-order valence-corrected chi connectivity index (χ2v) is 7.52. The Hall–Kier alpha value is -2.59. The Labute approximate surface area is 170 Å². The smallest absolute Gasteiger partial charge is 0.329 e. The van der Waals surface area contributed by atoms with Crippen molar-refractivity contribution in [2.45, 2.75) is 20.4 Å². The van der Waals surface area contributed by atoms with Crippen molar-refractivity contribution in [3.8, 4) is 0 Å². The highest BCUT2D eigenvalue weighted by atomic mass is 32.1. The molecule has 1 aliphatic rings. The third-order valence-corrected chi connectivity index (χ3v) is 5.71. The number of benzene rings is 1. The third kappa shape index (κ3) is 4.38. The molecule has 0 atom stereocenters. The van der Waals surface area contributed by atoms with Gasteiger partial charge in [-0.05, 0) is 12.1 Å². The highest BCUT2D eigenvalue weighted by molar-refractivity contribution is 7.18. The first-order chi connectivity index (χ1) is 13.9. The average molecular weight is 423 g/mol. The predicted octanol–water partition coefficient (Wildman–Crippen LogP) is 2.31. The zero-order chi connectivity index (χ0) is 21.1. The highest BCUT2D eigenvalue weighted by Gasteiger charge is 2.21. The van der Waals surface area contributed by atoms with Crippen molar-refractivity contribution >= 4 is 27.4 Å². The van der Waals surface area contributed by atoms with Gasteiger partial charge in [-0.25, -0.2) is 18.6 Å². The maximum absolute atomic E-state index is 13.9. The number of rotatable bonds is 3. The molecule has 1 saturated heterocycles. The van der Waals surface area contributed by atoms with Gasteiger partial charge in [0.15, 0.2) is 5.65 Å². The number of anilines is 1. The van der Waals surface area contributed by atoms with E-state index in [1.54, 1.807) is 0 Å². The molecule has 156 valence electrons. The van der Waals surface area contributed by atoms with Crippen molar-refractivity contribution < 1.29 is 8.78 Å². The Morgan fingerprint density at radius 3 is 2.48 bits per heavy atom. The van der Waals surface area contributed by atoms with Gasteiger partial charge in [-0.1, -0.05) is 13.8 Å². The topological polar surface area (TPSA) is 74.2 Å². The van der Waals surface area contributed by atoms with Gasteiger partial charge in [0.1, 0.15) is 21.3 Å². The number of nitrogens with zero attached hydrogens (tertiary/aromatic N) is 4. The Balaban J connectivity index is 0.00000117. The summed E-state index contributed by atoms with van der Waals surface area (Å²) in [6.07, 6.45) is 0. The summed E-state index contributed by atoms with van der Waals surface area (Å²) in [6.45, 7) is 7.12. The molecule has 1 N–H and O–H groups in total. The molecule has 2 aromatic heterocycles. The molecular weight excluding hydrogens is 400 g/mol. The quantitative estimate of drug-likeness (QED) is 0.700. The Morgan fingerprint density at radius 1 is 1.14 bits per heavy atom. The van der Waals surface area contributed by atoms with Crippen LogP contribution >= 0.6 is 11.3 Å². The largest absolute Gasteiger partial charge is 0.367 e. The van der Waals surface area contributed by atoms with E-state index in [1.165, 1.54) is 30.5 Å². The van der Waals surface area contributed by atoms with E-state index < -0.39 is 17.3 Å². The molecule has 3 heterocycles. The number of halogens is 2. The molecule has 0 unspecified atom stereocenters. The van der Waals surface area contributed by atoms with E-state index in [0.717, 1.165) is 15.6 Å². The molecule has 10 heteroatoms. The molecule has 0 aliphatic carbocycles. The second kappa shape index (κ2) is 8.83. The number of nitrogens with one attached hydrogen (secondary N) is 1. The van der Waals surface area contributed by atoms with Crippen molar-refractivity contribution in [3.05, 3.63) is 55.7 Å². The summed E-state index contributed by atoms with van der Waals surface area (Å²) in [5, 5.41) is 0.741. The maximum atomic E-state index is 13.9. The molecule has 3 aromatic rings. The summed E-state index contributed by atoms with van der Waals surface area (Å²) in [5.41, 5.74) is -0.124. The lowest BCUT2D eigenvalue weighted by Crippen LogP contribution is -2.46. The fourth-order valence-electron chi connectivity index (χ4n) is 3.17. The van der Waals surface area contributed by atoms with Crippen LogP contribution in [0.25, 0.3) is 10.3 Å². The highest BCUT2D eigenvalue weighted by Crippen LogP contribution is 2.23. The first-order valence-corrected chi connectivity index (χ1v) is 10.2. The number of aromatic amines is 1. The van der Waals surface area contributed by atoms with Crippen LogP contribution in [0.15, 0.2) is 27.8 Å². The monoisotopic (exact) mass is 423 g/mol. The molecular formula is C19H23F2N5O2S. The summed E-state index contributed by atoms with van der Waals surface area (Å²) in [6, 6.07) is 3.61. The first-order valence-electron chi connectivity index (χ1n) is 9.43. The lowest BCUT2D eigenvalue weighted by atomic mass is 10.2. The van der Waals surface area contributed by atoms with E-state index in [-0.39, 0.29) is 5.56 Å². The number of piperazine rings is 1. The van der Waals surface area contributed by atoms with Gasteiger partial charge in [0.2, 0.25) is 0 Å². The van der Waals surface area contributed by atoms with E-state index in [9.17, 15) is 18.4 Å². The Morgan fingerprint density at radius 2 is 1.83 bits per heavy atom. The molecule has 0 bridgehead atoms. The van der Waals surface area contributed by atoms with Crippen LogP contribution in [0.4, 0.5) is 14.5 Å². The molecule has 7 nitrogen and oxygen atoms in total. The van der Waals surface area contributed by atoms with Crippen LogP contribution in [0.1, 0.15) is 18.9 Å². The van der Waals surface area contributed by atoms with Crippen LogP contribution in [0.2, 0.25) is 0 Å². The van der Waals surface area contributed by atoms with Crippen LogP contribution < -0.4 is 16.1 Å². The molecule has 0 amide bonds. The van der Waals surface area contributed by atoms with Crippen molar-refractivity contribution in [2.75, 3.05) is 31.1 Å². The second-order valence-electron chi connectivity index (χ2n) is 6.44. The molecule has 0 spiro atoms. The molecule has 0 radical (unpaired) electrons. The molecule has 0 saturated carbocycles. The van der Waals surface area contributed by atoms with E-state index in [2.05, 4.69) is 14.9 Å². The summed E-state index contributed by atoms with van der Waals surface area (Å²) in [4.78, 5) is 34.8. The fraction of sp³-hybridized carbons (Fsp3) is 0.421. The van der Waals surface area contributed by atoms with E-state index >= 15 is 0 Å². The van der Waals surface area contributed by atoms with Crippen molar-refractivity contribution in [2.24, 2.45) is 7.05 Å². The van der Waals surface area contributed by atoms with Crippen LogP contribution in [-0.4, -0.2) is 45.6 Å². The Kier molecular flexibility index (Phi) is 6.43. The number of aromatic nitrogens is 3. The number of hydrogen-bond acceptors (Lipinski definition) is 6. The van der Waals surface area contributed by atoms with Gasteiger partial charge in [-0.15, -0.1) is 11.3 Å². The van der Waals surface area contributed by atoms with Crippen molar-refractivity contribution in [1.29, 1.82) is 0 Å². The van der Waals surface area contributed by atoms with Crippen LogP contribution in [0.3, 0.4) is 0 Å². The normalized spacial score (nSPS) is 14.7. The molecule has 1 aromatic carbocycles. The summed E-state index contributed by atoms with van der Waals surface area (Å²) in [7, 11) is 1.42. The van der Waals surface area contributed by atoms with Gasteiger partial charge in [0.25, 0.3) is 5.56 Å². The van der Waals surface area contributed by atoms with E-state index in [4.69, 9.17) is 0 Å². The third-order valence-electron chi connectivity index (χ3n) is 4.68. The predicted molar refractivity (Wildman–Crippen MR) is 111 cm³/mol. The maximum Gasteiger partial charge on any atom is 0.329 e. The minimum Gasteiger partial charge on any atom is -0.367 e. The summed E-state index contributed by atoms with van der Waals surface area (Å²) >= 11 is 1.27. The van der Waals surface area contributed by atoms with Gasteiger partial charge in [-0.3, -0.25) is 19.2 Å². The van der Waals surface area contributed by atoms with Crippen LogP contribution in [-0.2, 0) is 13.6 Å². The lowest BCUT2D eigenvalue weighted by molar-refractivity contribution is 0.249. The molecule has 1 aliphatic heterocycles. The minimum atomic E-state index is -0.588. The van der Waals surface area contributed by atoms with Gasteiger partial charge in [0.05, 0.1) is 12.2 Å². The SMILES string of the molecule is CC.Cn1c(=O)[nH]c2nc(CN3CCN(c4ccc(F)cc4F)CC3)sc2c1=O. The summed E-state index contributed by atoms with van der Waals surface area (Å²) < 4.78 is 28.5. The van der Waals surface area contributed by atoms with Crippen molar-refractivity contribution in [3.63, 3.8) is 0 Å². The van der Waals surface area contributed by atoms with E-state index in [0.29, 0.717) is 48.8 Å². The average Bonchev–Trinajstić information content (AvgIpc) is 3.11. The van der Waals surface area contributed by atoms with Crippen LogP contribution in [0, 0.1) is 11.6 Å². The molecule has 4 rings (SSSR count). The lowest BCUT2D eigenvalue weighted by Gasteiger charge is -2.35. The van der Waals surface area contributed by atoms with Gasteiger partial charge < -0.3 is 4.90 Å². The van der Waals surface area contributed by atoms with Gasteiger partial charge in [-0.2, -0.15) is 0 Å². The number of H-pyrrole nitrogens is 1. The summed E-state index contributed by atoms with van der Waals surface area (Å²) in [5.74, 6) is -1.15. The van der Waals surface area contributed by atoms with Gasteiger partial charge >= 0.3 is 5.69 Å². The Bertz CT molecular complexity index is 1120. The number of fused-ring (bicyclic) bond motifs is 1. The standard InChI is InChI=1S/C17H17F2N5O2S.C2H6/c1-22-16(25)14-15(21-17(22)26)20-13(27-14)9-23-4-6-24(7-5-23)12-3-2-10(18)8-11(12)19;1-2/h2-3,8H,4-7,9H2,1H3,(H,21,26);1-2H3. The number of hydrogen-bond donors (Lipinski definition) is 1. The fourth-order valence-corrected chi connectivity index (χ4v) is 4.20. The van der Waals surface area contributed by atoms with Gasteiger partial charge in [0, 0.05) is 39.3 Å². The van der Waals surface area contributed by atoms with E-state index in [1.807, 2.05) is 18.7 Å². The van der Waals surface area contributed by atoms with Crippen LogP contribution in [0.5, 0.6) is 0 Å². The first kappa shape index (κ1) is 21.1. The number of thiazole rings is 1. The minimum absolute atomic E-state index is 0.315. The molecule has 29 heavy (non-hydrogen) atoms. The molecule has 1 fully saturated rings. The van der Waals surface area contributed by atoms with Crippen molar-refractivity contribution in [1.82, 2.24) is 19.4 Å². The zero-order valence-corrected chi connectivity index (χ0v) is 17.4. The zero-order valence-electron chi connectivity index (χ0n) is 16.5.